The lowest BCUT2D eigenvalue weighted by atomic mass is 10.1. The Labute approximate surface area is 158 Å². The molecule has 0 aromatic heterocycles. The Bertz CT molecular complexity index is 889. The molecule has 0 spiro atoms. The SMILES string of the molecule is Cc1ccc(S(=O)(=O)NCCOc2ccc(C(=O)CCC(=O)O)cc2)cc1. The molecule has 2 rings (SSSR count). The van der Waals surface area contributed by atoms with Gasteiger partial charge in [-0.3, -0.25) is 9.59 Å². The van der Waals surface area contributed by atoms with E-state index in [1.165, 1.54) is 0 Å². The summed E-state index contributed by atoms with van der Waals surface area (Å²) in [5.41, 5.74) is 1.38. The largest absolute Gasteiger partial charge is 0.492 e. The van der Waals surface area contributed by atoms with E-state index < -0.39 is 16.0 Å². The zero-order chi connectivity index (χ0) is 19.9. The molecule has 0 amide bonds. The number of aliphatic carboxylic acids is 1. The number of sulfonamides is 1. The molecule has 0 atom stereocenters. The highest BCUT2D eigenvalue weighted by molar-refractivity contribution is 7.89. The van der Waals surface area contributed by atoms with E-state index in [0.717, 1.165) is 5.56 Å². The molecule has 2 aromatic rings. The maximum atomic E-state index is 12.1. The Morgan fingerprint density at radius 1 is 1.00 bits per heavy atom. The van der Waals surface area contributed by atoms with Crippen LogP contribution in [0.2, 0.25) is 0 Å². The molecule has 144 valence electrons. The molecule has 8 heteroatoms. The highest BCUT2D eigenvalue weighted by Crippen LogP contribution is 2.14. The van der Waals surface area contributed by atoms with E-state index >= 15 is 0 Å². The van der Waals surface area contributed by atoms with Crippen LogP contribution in [-0.2, 0) is 14.8 Å². The Balaban J connectivity index is 1.80. The van der Waals surface area contributed by atoms with Gasteiger partial charge in [0.15, 0.2) is 5.78 Å². The number of nitrogens with one attached hydrogen (secondary N) is 1. The molecule has 2 N–H and O–H groups in total. The fraction of sp³-hybridized carbons (Fsp3) is 0.263. The number of rotatable bonds is 10. The first-order valence-corrected chi connectivity index (χ1v) is 9.80. The molecule has 0 bridgehead atoms. The van der Waals surface area contributed by atoms with Gasteiger partial charge >= 0.3 is 5.97 Å². The number of carboxylic acids is 1. The lowest BCUT2D eigenvalue weighted by Gasteiger charge is -2.09. The Kier molecular flexibility index (Phi) is 7.09. The summed E-state index contributed by atoms with van der Waals surface area (Å²) in [7, 11) is -3.59. The van der Waals surface area contributed by atoms with Crippen molar-refractivity contribution < 1.29 is 27.9 Å². The number of carbonyl (C=O) groups excluding carboxylic acids is 1. The van der Waals surface area contributed by atoms with Crippen LogP contribution < -0.4 is 9.46 Å². The van der Waals surface area contributed by atoms with Crippen molar-refractivity contribution in [3.05, 3.63) is 59.7 Å². The van der Waals surface area contributed by atoms with Crippen LogP contribution in [0.25, 0.3) is 0 Å². The van der Waals surface area contributed by atoms with E-state index in [1.54, 1.807) is 48.5 Å². The van der Waals surface area contributed by atoms with Crippen LogP contribution in [0, 0.1) is 6.92 Å². The molecule has 0 heterocycles. The lowest BCUT2D eigenvalue weighted by molar-refractivity contribution is -0.136. The standard InChI is InChI=1S/C19H21NO6S/c1-14-2-8-17(9-3-14)27(24,25)20-12-13-26-16-6-4-15(5-7-16)18(21)10-11-19(22)23/h2-9,20H,10-13H2,1H3,(H,22,23). The zero-order valence-electron chi connectivity index (χ0n) is 14.8. The fourth-order valence-corrected chi connectivity index (χ4v) is 3.26. The Hall–Kier alpha value is -2.71. The predicted molar refractivity (Wildman–Crippen MR) is 99.5 cm³/mol. The Morgan fingerprint density at radius 2 is 1.63 bits per heavy atom. The van der Waals surface area contributed by atoms with E-state index in [1.807, 2.05) is 6.92 Å². The van der Waals surface area contributed by atoms with Crippen molar-refractivity contribution in [1.82, 2.24) is 4.72 Å². The minimum absolute atomic E-state index is 0.0592. The van der Waals surface area contributed by atoms with E-state index in [0.29, 0.717) is 11.3 Å². The maximum Gasteiger partial charge on any atom is 0.303 e. The minimum Gasteiger partial charge on any atom is -0.492 e. The van der Waals surface area contributed by atoms with Crippen molar-refractivity contribution in [2.24, 2.45) is 0 Å². The summed E-state index contributed by atoms with van der Waals surface area (Å²) in [5.74, 6) is -0.787. The fourth-order valence-electron chi connectivity index (χ4n) is 2.25. The smallest absolute Gasteiger partial charge is 0.303 e. The summed E-state index contributed by atoms with van der Waals surface area (Å²) in [5, 5.41) is 8.60. The van der Waals surface area contributed by atoms with Crippen LogP contribution in [-0.4, -0.2) is 38.4 Å². The van der Waals surface area contributed by atoms with Crippen molar-refractivity contribution in [2.75, 3.05) is 13.2 Å². The number of hydrogen-bond donors (Lipinski definition) is 2. The number of Topliss-reactive ketones (excluding diaryl/α,β-unsaturated/α-hetero) is 1. The number of ketones is 1. The molecule has 27 heavy (non-hydrogen) atoms. The topological polar surface area (TPSA) is 110 Å². The summed E-state index contributed by atoms with van der Waals surface area (Å²) in [4.78, 5) is 22.5. The molecule has 0 radical (unpaired) electrons. The van der Waals surface area contributed by atoms with Crippen LogP contribution in [0.1, 0.15) is 28.8 Å². The number of hydrogen-bond acceptors (Lipinski definition) is 5. The Morgan fingerprint density at radius 3 is 2.22 bits per heavy atom. The van der Waals surface area contributed by atoms with Crippen LogP contribution in [0.5, 0.6) is 5.75 Å². The van der Waals surface area contributed by atoms with E-state index in [-0.39, 0.29) is 36.7 Å². The second-order valence-corrected chi connectivity index (χ2v) is 7.67. The highest BCUT2D eigenvalue weighted by Gasteiger charge is 2.13. The molecule has 0 aliphatic rings. The van der Waals surface area contributed by atoms with Gasteiger partial charge in [0.05, 0.1) is 11.3 Å². The average molecular weight is 391 g/mol. The van der Waals surface area contributed by atoms with Gasteiger partial charge in [-0.05, 0) is 43.3 Å². The second kappa shape index (κ2) is 9.29. The van der Waals surface area contributed by atoms with Crippen molar-refractivity contribution in [2.45, 2.75) is 24.7 Å². The first-order valence-electron chi connectivity index (χ1n) is 8.32. The summed E-state index contributed by atoms with van der Waals surface area (Å²) in [6, 6.07) is 12.8. The van der Waals surface area contributed by atoms with Crippen molar-refractivity contribution in [3.63, 3.8) is 0 Å². The van der Waals surface area contributed by atoms with Gasteiger partial charge in [-0.25, -0.2) is 13.1 Å². The van der Waals surface area contributed by atoms with Gasteiger partial charge in [0.1, 0.15) is 12.4 Å². The number of ether oxygens (including phenoxy) is 1. The summed E-state index contributed by atoms with van der Waals surface area (Å²) in [6.07, 6.45) is -0.269. The number of aryl methyl sites for hydroxylation is 1. The second-order valence-electron chi connectivity index (χ2n) is 5.90. The minimum atomic E-state index is -3.59. The highest BCUT2D eigenvalue weighted by atomic mass is 32.2. The molecular weight excluding hydrogens is 370 g/mol. The maximum absolute atomic E-state index is 12.1. The number of carboxylic acid groups (broad SMARTS) is 1. The van der Waals surface area contributed by atoms with Gasteiger partial charge in [-0.15, -0.1) is 0 Å². The normalized spacial score (nSPS) is 11.1. The summed E-state index contributed by atoms with van der Waals surface area (Å²) < 4.78 is 32.2. The first kappa shape index (κ1) is 20.6. The molecule has 2 aromatic carbocycles. The van der Waals surface area contributed by atoms with Gasteiger partial charge in [-0.1, -0.05) is 17.7 Å². The molecule has 0 fully saturated rings. The summed E-state index contributed by atoms with van der Waals surface area (Å²) >= 11 is 0. The monoisotopic (exact) mass is 391 g/mol. The van der Waals surface area contributed by atoms with Crippen molar-refractivity contribution in [3.8, 4) is 5.75 Å². The van der Waals surface area contributed by atoms with Gasteiger partial charge < -0.3 is 9.84 Å². The molecule has 0 aliphatic carbocycles. The van der Waals surface area contributed by atoms with Crippen LogP contribution in [0.4, 0.5) is 0 Å². The first-order chi connectivity index (χ1) is 12.8. The van der Waals surface area contributed by atoms with E-state index in [9.17, 15) is 18.0 Å². The van der Waals surface area contributed by atoms with Crippen molar-refractivity contribution in [1.29, 1.82) is 0 Å². The van der Waals surface area contributed by atoms with Crippen LogP contribution in [0.3, 0.4) is 0 Å². The van der Waals surface area contributed by atoms with E-state index in [2.05, 4.69) is 4.72 Å². The number of benzene rings is 2. The third-order valence-electron chi connectivity index (χ3n) is 3.74. The van der Waals surface area contributed by atoms with Crippen LogP contribution >= 0.6 is 0 Å². The van der Waals surface area contributed by atoms with Gasteiger partial charge in [0.2, 0.25) is 10.0 Å². The van der Waals surface area contributed by atoms with Gasteiger partial charge in [0, 0.05) is 18.5 Å². The molecule has 0 aliphatic heterocycles. The molecule has 0 unspecified atom stereocenters. The summed E-state index contributed by atoms with van der Waals surface area (Å²) in [6.45, 7) is 2.09. The predicted octanol–water partition coefficient (Wildman–Crippen LogP) is 2.40. The molecular formula is C19H21NO6S. The lowest BCUT2D eigenvalue weighted by Crippen LogP contribution is -2.28. The average Bonchev–Trinajstić information content (AvgIpc) is 2.64. The van der Waals surface area contributed by atoms with E-state index in [4.69, 9.17) is 9.84 Å². The molecule has 7 nitrogen and oxygen atoms in total. The van der Waals surface area contributed by atoms with Crippen molar-refractivity contribution >= 4 is 21.8 Å². The zero-order valence-corrected chi connectivity index (χ0v) is 15.7. The number of carbonyl (C=O) groups is 2. The molecule has 0 saturated heterocycles. The van der Waals surface area contributed by atoms with Gasteiger partial charge in [0.25, 0.3) is 0 Å². The molecule has 0 saturated carbocycles. The third-order valence-corrected chi connectivity index (χ3v) is 5.21. The van der Waals surface area contributed by atoms with Gasteiger partial charge in [-0.2, -0.15) is 0 Å². The quantitative estimate of drug-likeness (QED) is 0.475. The third kappa shape index (κ3) is 6.50. The van der Waals surface area contributed by atoms with Crippen LogP contribution in [0.15, 0.2) is 53.4 Å².